The molecule has 2 aromatic rings. The van der Waals surface area contributed by atoms with E-state index in [9.17, 15) is 4.39 Å². The molecule has 1 atom stereocenters. The molecule has 2 rings (SSSR count). The van der Waals surface area contributed by atoms with E-state index in [1.807, 2.05) is 24.4 Å². The lowest BCUT2D eigenvalue weighted by molar-refractivity contribution is 0.524. The predicted octanol–water partition coefficient (Wildman–Crippen LogP) is 4.44. The van der Waals surface area contributed by atoms with Gasteiger partial charge in [0.15, 0.2) is 0 Å². The zero-order valence-corrected chi connectivity index (χ0v) is 14.0. The maximum absolute atomic E-state index is 14.1. The molecule has 0 bridgehead atoms. The molecule has 1 aromatic heterocycles. The summed E-state index contributed by atoms with van der Waals surface area (Å²) in [5, 5.41) is 3.46. The molecule has 112 valence electrons. The predicted molar refractivity (Wildman–Crippen MR) is 87.8 cm³/mol. The molecule has 1 unspecified atom stereocenters. The number of nitrogens with zero attached hydrogens (tertiary/aromatic N) is 1. The molecule has 0 saturated carbocycles. The van der Waals surface area contributed by atoms with Crippen LogP contribution in [0.5, 0.6) is 0 Å². The van der Waals surface area contributed by atoms with Crippen molar-refractivity contribution >= 4 is 15.9 Å². The van der Waals surface area contributed by atoms with Crippen LogP contribution in [0, 0.1) is 5.82 Å². The molecule has 2 nitrogen and oxygen atoms in total. The van der Waals surface area contributed by atoms with Gasteiger partial charge in [0, 0.05) is 22.9 Å². The first-order valence-electron chi connectivity index (χ1n) is 7.25. The highest BCUT2D eigenvalue weighted by Crippen LogP contribution is 2.24. The van der Waals surface area contributed by atoms with Crippen molar-refractivity contribution in [2.75, 3.05) is 6.54 Å². The molecular weight excluding hydrogens is 331 g/mol. The third kappa shape index (κ3) is 4.11. The fourth-order valence-electron chi connectivity index (χ4n) is 2.52. The van der Waals surface area contributed by atoms with E-state index in [1.54, 1.807) is 6.20 Å². The SMILES string of the molecule is CCNC(Cc1ccc(Br)cc1F)c1ccncc1CC. The molecule has 1 N–H and O–H groups in total. The van der Waals surface area contributed by atoms with Crippen LogP contribution >= 0.6 is 15.9 Å². The Morgan fingerprint density at radius 1 is 1.24 bits per heavy atom. The van der Waals surface area contributed by atoms with Crippen molar-refractivity contribution in [1.29, 1.82) is 0 Å². The van der Waals surface area contributed by atoms with Gasteiger partial charge in [0.05, 0.1) is 0 Å². The summed E-state index contributed by atoms with van der Waals surface area (Å²) in [7, 11) is 0. The van der Waals surface area contributed by atoms with Crippen LogP contribution in [-0.2, 0) is 12.8 Å². The van der Waals surface area contributed by atoms with E-state index in [0.717, 1.165) is 23.0 Å². The summed E-state index contributed by atoms with van der Waals surface area (Å²) in [6.45, 7) is 5.02. The molecule has 0 aliphatic carbocycles. The number of nitrogens with one attached hydrogen (secondary N) is 1. The molecule has 0 aliphatic heterocycles. The van der Waals surface area contributed by atoms with Gasteiger partial charge in [-0.05, 0) is 54.3 Å². The minimum atomic E-state index is -0.167. The van der Waals surface area contributed by atoms with E-state index >= 15 is 0 Å². The smallest absolute Gasteiger partial charge is 0.127 e. The molecule has 1 aromatic carbocycles. The van der Waals surface area contributed by atoms with Crippen molar-refractivity contribution in [2.45, 2.75) is 32.7 Å². The van der Waals surface area contributed by atoms with Crippen molar-refractivity contribution in [2.24, 2.45) is 0 Å². The normalized spacial score (nSPS) is 12.4. The van der Waals surface area contributed by atoms with Crippen molar-refractivity contribution in [1.82, 2.24) is 10.3 Å². The molecule has 0 saturated heterocycles. The van der Waals surface area contributed by atoms with Crippen LogP contribution in [0.1, 0.15) is 36.6 Å². The van der Waals surface area contributed by atoms with E-state index in [-0.39, 0.29) is 11.9 Å². The molecule has 0 amide bonds. The second kappa shape index (κ2) is 7.66. The van der Waals surface area contributed by atoms with Gasteiger partial charge in [-0.25, -0.2) is 4.39 Å². The Morgan fingerprint density at radius 2 is 2.05 bits per heavy atom. The highest BCUT2D eigenvalue weighted by Gasteiger charge is 2.16. The molecule has 0 aliphatic rings. The van der Waals surface area contributed by atoms with E-state index in [1.165, 1.54) is 17.2 Å². The van der Waals surface area contributed by atoms with E-state index in [2.05, 4.69) is 40.1 Å². The average Bonchev–Trinajstić information content (AvgIpc) is 2.49. The standard InChI is InChI=1S/C17H20BrFN2/c1-3-12-11-20-8-7-15(12)17(21-4-2)9-13-5-6-14(18)10-16(13)19/h5-8,10-11,17,21H,3-4,9H2,1-2H3. The maximum Gasteiger partial charge on any atom is 0.127 e. The van der Waals surface area contributed by atoms with E-state index < -0.39 is 0 Å². The van der Waals surface area contributed by atoms with Crippen molar-refractivity contribution in [3.63, 3.8) is 0 Å². The first-order valence-corrected chi connectivity index (χ1v) is 8.05. The number of hydrogen-bond donors (Lipinski definition) is 1. The number of rotatable bonds is 6. The Labute approximate surface area is 133 Å². The molecule has 0 spiro atoms. The lowest BCUT2D eigenvalue weighted by Gasteiger charge is -2.21. The number of aromatic nitrogens is 1. The van der Waals surface area contributed by atoms with Crippen LogP contribution < -0.4 is 5.32 Å². The third-order valence-corrected chi connectivity index (χ3v) is 4.08. The van der Waals surface area contributed by atoms with Crippen LogP contribution in [0.3, 0.4) is 0 Å². The largest absolute Gasteiger partial charge is 0.310 e. The molecule has 4 heteroatoms. The fourth-order valence-corrected chi connectivity index (χ4v) is 2.85. The highest BCUT2D eigenvalue weighted by molar-refractivity contribution is 9.10. The van der Waals surface area contributed by atoms with Gasteiger partial charge in [-0.2, -0.15) is 0 Å². The zero-order valence-electron chi connectivity index (χ0n) is 12.4. The molecule has 21 heavy (non-hydrogen) atoms. The Balaban J connectivity index is 2.30. The molecule has 1 heterocycles. The topological polar surface area (TPSA) is 24.9 Å². The van der Waals surface area contributed by atoms with E-state index in [0.29, 0.717) is 6.42 Å². The Morgan fingerprint density at radius 3 is 2.71 bits per heavy atom. The van der Waals surface area contributed by atoms with Gasteiger partial charge in [-0.3, -0.25) is 4.98 Å². The third-order valence-electron chi connectivity index (χ3n) is 3.59. The zero-order chi connectivity index (χ0) is 15.2. The number of aryl methyl sites for hydroxylation is 1. The van der Waals surface area contributed by atoms with Gasteiger partial charge in [0.25, 0.3) is 0 Å². The van der Waals surface area contributed by atoms with Gasteiger partial charge >= 0.3 is 0 Å². The van der Waals surface area contributed by atoms with Crippen molar-refractivity contribution < 1.29 is 4.39 Å². The minimum Gasteiger partial charge on any atom is -0.310 e. The summed E-state index contributed by atoms with van der Waals surface area (Å²) in [4.78, 5) is 4.19. The summed E-state index contributed by atoms with van der Waals surface area (Å²) in [6, 6.07) is 7.38. The second-order valence-corrected chi connectivity index (χ2v) is 5.89. The van der Waals surface area contributed by atoms with E-state index in [4.69, 9.17) is 0 Å². The fraction of sp³-hybridized carbons (Fsp3) is 0.353. The highest BCUT2D eigenvalue weighted by atomic mass is 79.9. The van der Waals surface area contributed by atoms with Crippen LogP contribution in [0.25, 0.3) is 0 Å². The number of likely N-dealkylation sites (N-methyl/N-ethyl adjacent to an activating group) is 1. The monoisotopic (exact) mass is 350 g/mol. The van der Waals surface area contributed by atoms with Crippen LogP contribution in [0.2, 0.25) is 0 Å². The summed E-state index contributed by atoms with van der Waals surface area (Å²) < 4.78 is 14.8. The van der Waals surface area contributed by atoms with Gasteiger partial charge in [-0.15, -0.1) is 0 Å². The molecule has 0 fully saturated rings. The van der Waals surface area contributed by atoms with Crippen molar-refractivity contribution in [3.8, 4) is 0 Å². The Bertz CT molecular complexity index is 601. The summed E-state index contributed by atoms with van der Waals surface area (Å²) in [5.74, 6) is -0.167. The van der Waals surface area contributed by atoms with Gasteiger partial charge in [0.2, 0.25) is 0 Å². The second-order valence-electron chi connectivity index (χ2n) is 4.98. The lowest BCUT2D eigenvalue weighted by atomic mass is 9.95. The van der Waals surface area contributed by atoms with Crippen LogP contribution in [0.15, 0.2) is 41.1 Å². The maximum atomic E-state index is 14.1. The van der Waals surface area contributed by atoms with Gasteiger partial charge in [0.1, 0.15) is 5.82 Å². The number of halogens is 2. The minimum absolute atomic E-state index is 0.101. The van der Waals surface area contributed by atoms with Crippen molar-refractivity contribution in [3.05, 3.63) is 63.6 Å². The average molecular weight is 351 g/mol. The number of benzene rings is 1. The van der Waals surface area contributed by atoms with Crippen LogP contribution in [0.4, 0.5) is 4.39 Å². The summed E-state index contributed by atoms with van der Waals surface area (Å²) >= 11 is 3.30. The summed E-state index contributed by atoms with van der Waals surface area (Å²) in [5.41, 5.74) is 3.14. The summed E-state index contributed by atoms with van der Waals surface area (Å²) in [6.07, 6.45) is 5.26. The first-order chi connectivity index (χ1) is 10.2. The molecule has 0 radical (unpaired) electrons. The molecular formula is C17H20BrFN2. The quantitative estimate of drug-likeness (QED) is 0.832. The lowest BCUT2D eigenvalue weighted by Crippen LogP contribution is -2.24. The van der Waals surface area contributed by atoms with Gasteiger partial charge < -0.3 is 5.32 Å². The number of hydrogen-bond acceptors (Lipinski definition) is 2. The van der Waals surface area contributed by atoms with Crippen LogP contribution in [-0.4, -0.2) is 11.5 Å². The Kier molecular flexibility index (Phi) is 5.88. The first kappa shape index (κ1) is 16.1. The Hall–Kier alpha value is -1.26. The number of pyridine rings is 1. The van der Waals surface area contributed by atoms with Gasteiger partial charge in [-0.1, -0.05) is 35.8 Å².